The fourth-order valence-corrected chi connectivity index (χ4v) is 11.8. The Morgan fingerprint density at radius 2 is 0.787 bits per heavy atom. The molecule has 75 heavy (non-hydrogen) atoms. The van der Waals surface area contributed by atoms with Crippen molar-refractivity contribution < 1.29 is 8.83 Å². The number of benzene rings is 10. The maximum Gasteiger partial charge on any atom is 0.160 e. The van der Waals surface area contributed by atoms with Crippen molar-refractivity contribution in [2.45, 2.75) is 44.9 Å². The molecule has 0 N–H and O–H groups in total. The Morgan fingerprint density at radius 1 is 0.400 bits per heavy atom. The molecule has 0 amide bonds. The standard InChI is InChI=1S/C69H50N4O2/c1-43(2)47-27-35-53(36-28-47)72(51-31-23-45(41-70)24-32-51)59-39-58-66(68-63(59)55-19-11-13-21-61(55)75-68)65-57(69(58,49-15-7-5-8-16-49)50-17-9-6-10-18-50)40-60(67-64(65)56-20-12-14-22-62(56)74-67)73(52-33-25-46(42-71)26-34-52)54-37-29-48(30-38-54)44(3)4/h5-40,43-44H,1-4H3. The van der Waals surface area contributed by atoms with Crippen molar-refractivity contribution >= 4 is 78.0 Å². The van der Waals surface area contributed by atoms with Crippen LogP contribution in [0.2, 0.25) is 0 Å². The molecule has 1 aliphatic carbocycles. The Labute approximate surface area is 436 Å². The van der Waals surface area contributed by atoms with E-state index in [0.717, 1.165) is 111 Å². The van der Waals surface area contributed by atoms with Crippen LogP contribution in [0.5, 0.6) is 0 Å². The smallest absolute Gasteiger partial charge is 0.160 e. The minimum atomic E-state index is -0.938. The predicted octanol–water partition coefficient (Wildman–Crippen LogP) is 18.8. The quantitative estimate of drug-likeness (QED) is 0.136. The van der Waals surface area contributed by atoms with Gasteiger partial charge in [0.05, 0.1) is 45.4 Å². The number of hydrogen-bond donors (Lipinski definition) is 0. The summed E-state index contributed by atoms with van der Waals surface area (Å²) < 4.78 is 14.7. The molecule has 358 valence electrons. The van der Waals surface area contributed by atoms with Gasteiger partial charge in [-0.05, 0) is 142 Å². The van der Waals surface area contributed by atoms with E-state index in [9.17, 15) is 10.5 Å². The second kappa shape index (κ2) is 17.8. The van der Waals surface area contributed by atoms with Crippen LogP contribution in [0.4, 0.5) is 34.1 Å². The lowest BCUT2D eigenvalue weighted by molar-refractivity contribution is 0.668. The minimum absolute atomic E-state index is 0.340. The van der Waals surface area contributed by atoms with Crippen LogP contribution in [0.25, 0.3) is 55.0 Å². The van der Waals surface area contributed by atoms with E-state index in [0.29, 0.717) is 23.0 Å². The lowest BCUT2D eigenvalue weighted by Crippen LogP contribution is -2.29. The van der Waals surface area contributed by atoms with Crippen molar-refractivity contribution in [3.05, 3.63) is 263 Å². The highest BCUT2D eigenvalue weighted by Crippen LogP contribution is 2.64. The third-order valence-electron chi connectivity index (χ3n) is 15.4. The Balaban J connectivity index is 1.24. The lowest BCUT2D eigenvalue weighted by atomic mass is 9.67. The number of furan rings is 2. The number of anilines is 6. The molecule has 0 radical (unpaired) electrons. The molecule has 0 unspecified atom stereocenters. The predicted molar refractivity (Wildman–Crippen MR) is 305 cm³/mol. The molecule has 1 aliphatic rings. The van der Waals surface area contributed by atoms with Gasteiger partial charge in [-0.2, -0.15) is 10.5 Å². The summed E-state index contributed by atoms with van der Waals surface area (Å²) in [6.45, 7) is 8.87. The Kier molecular flexibility index (Phi) is 10.8. The Bertz CT molecular complexity index is 4190. The van der Waals surface area contributed by atoms with Crippen molar-refractivity contribution in [3.63, 3.8) is 0 Å². The molecule has 10 aromatic carbocycles. The van der Waals surface area contributed by atoms with E-state index in [-0.39, 0.29) is 0 Å². The highest BCUT2D eigenvalue weighted by Gasteiger charge is 2.50. The molecule has 12 aromatic rings. The normalized spacial score (nSPS) is 12.6. The second-order valence-electron chi connectivity index (χ2n) is 20.2. The molecule has 0 aliphatic heterocycles. The second-order valence-corrected chi connectivity index (χ2v) is 20.2. The minimum Gasteiger partial charge on any atom is -0.455 e. The summed E-state index contributed by atoms with van der Waals surface area (Å²) in [6, 6.07) is 81.4. The van der Waals surface area contributed by atoms with Crippen LogP contribution in [0, 0.1) is 22.7 Å². The van der Waals surface area contributed by atoms with Crippen LogP contribution in [0.1, 0.15) is 84.0 Å². The molecule has 6 heteroatoms. The average Bonchev–Trinajstić information content (AvgIpc) is 4.28. The van der Waals surface area contributed by atoms with E-state index in [4.69, 9.17) is 8.83 Å². The summed E-state index contributed by atoms with van der Waals surface area (Å²) in [6.07, 6.45) is 0. The number of nitrogens with zero attached hydrogens (tertiary/aromatic N) is 4. The maximum absolute atomic E-state index is 10.0. The summed E-state index contributed by atoms with van der Waals surface area (Å²) in [5, 5.41) is 24.0. The van der Waals surface area contributed by atoms with Gasteiger partial charge >= 0.3 is 0 Å². The largest absolute Gasteiger partial charge is 0.455 e. The Hall–Kier alpha value is -9.62. The first-order valence-corrected chi connectivity index (χ1v) is 25.7. The fraction of sp³-hybridized carbons (Fsp3) is 0.101. The van der Waals surface area contributed by atoms with E-state index in [2.05, 4.69) is 207 Å². The zero-order chi connectivity index (χ0) is 51.0. The van der Waals surface area contributed by atoms with Crippen molar-refractivity contribution in [1.29, 1.82) is 10.5 Å². The summed E-state index contributed by atoms with van der Waals surface area (Å²) >= 11 is 0. The maximum atomic E-state index is 10.0. The van der Waals surface area contributed by atoms with E-state index in [1.807, 2.05) is 60.7 Å². The average molecular weight is 967 g/mol. The number of hydrogen-bond acceptors (Lipinski definition) is 6. The highest BCUT2D eigenvalue weighted by atomic mass is 16.3. The summed E-state index contributed by atoms with van der Waals surface area (Å²) in [7, 11) is 0. The van der Waals surface area contributed by atoms with Gasteiger partial charge in [0.2, 0.25) is 0 Å². The first-order valence-electron chi connectivity index (χ1n) is 25.7. The lowest BCUT2D eigenvalue weighted by Gasteiger charge is -2.36. The third kappa shape index (κ3) is 7.06. The summed E-state index contributed by atoms with van der Waals surface area (Å²) in [4.78, 5) is 4.62. The van der Waals surface area contributed by atoms with Crippen LogP contribution < -0.4 is 9.80 Å². The van der Waals surface area contributed by atoms with E-state index in [1.165, 1.54) is 11.1 Å². The Morgan fingerprint density at radius 3 is 1.25 bits per heavy atom. The van der Waals surface area contributed by atoms with Crippen LogP contribution in [0.3, 0.4) is 0 Å². The van der Waals surface area contributed by atoms with Gasteiger partial charge in [-0.3, -0.25) is 0 Å². The van der Waals surface area contributed by atoms with Crippen molar-refractivity contribution in [1.82, 2.24) is 0 Å². The van der Waals surface area contributed by atoms with E-state index < -0.39 is 5.41 Å². The van der Waals surface area contributed by atoms with Crippen LogP contribution in [-0.2, 0) is 5.41 Å². The van der Waals surface area contributed by atoms with Gasteiger partial charge in [0.1, 0.15) is 16.7 Å². The van der Waals surface area contributed by atoms with Gasteiger partial charge < -0.3 is 18.6 Å². The molecule has 2 heterocycles. The number of fused-ring (bicyclic) bond motifs is 11. The molecule has 6 nitrogen and oxygen atoms in total. The monoisotopic (exact) mass is 966 g/mol. The topological polar surface area (TPSA) is 80.3 Å². The van der Waals surface area contributed by atoms with Gasteiger partial charge in [-0.25, -0.2) is 0 Å². The first kappa shape index (κ1) is 45.3. The first-order chi connectivity index (χ1) is 36.8. The summed E-state index contributed by atoms with van der Waals surface area (Å²) in [5.41, 5.74) is 17.6. The van der Waals surface area contributed by atoms with Gasteiger partial charge in [-0.1, -0.05) is 149 Å². The highest BCUT2D eigenvalue weighted by molar-refractivity contribution is 6.26. The zero-order valence-corrected chi connectivity index (χ0v) is 42.0. The zero-order valence-electron chi connectivity index (χ0n) is 42.0. The van der Waals surface area contributed by atoms with E-state index in [1.54, 1.807) is 0 Å². The molecule has 0 atom stereocenters. The van der Waals surface area contributed by atoms with Crippen LogP contribution >= 0.6 is 0 Å². The molecule has 0 spiro atoms. The van der Waals surface area contributed by atoms with Gasteiger partial charge in [-0.15, -0.1) is 0 Å². The van der Waals surface area contributed by atoms with Crippen molar-refractivity contribution in [2.24, 2.45) is 0 Å². The molecular formula is C69H50N4O2. The van der Waals surface area contributed by atoms with Gasteiger partial charge in [0.25, 0.3) is 0 Å². The molecule has 13 rings (SSSR count). The molecule has 0 fully saturated rings. The van der Waals surface area contributed by atoms with Gasteiger partial charge in [0.15, 0.2) is 5.58 Å². The van der Waals surface area contributed by atoms with Gasteiger partial charge in [0, 0.05) is 50.0 Å². The van der Waals surface area contributed by atoms with Crippen LogP contribution in [0.15, 0.2) is 227 Å². The number of para-hydroxylation sites is 2. The number of nitriles is 2. The molecular weight excluding hydrogens is 917 g/mol. The fourth-order valence-electron chi connectivity index (χ4n) is 11.8. The SMILES string of the molecule is CC(C)c1ccc(N(c2ccc(C#N)cc2)c2cc3c(c4c2oc2ccccc24)-c2c(cc(N(c4ccc(C#N)cc4)c4ccc(C(C)C)cc4)c4c2oc2ccccc24)C3(c2ccccc2)c2ccccc2)cc1. The number of rotatable bonds is 10. The van der Waals surface area contributed by atoms with E-state index >= 15 is 0 Å². The molecule has 0 saturated carbocycles. The van der Waals surface area contributed by atoms with Crippen molar-refractivity contribution in [2.75, 3.05) is 9.80 Å². The molecule has 0 saturated heterocycles. The van der Waals surface area contributed by atoms with Crippen LogP contribution in [-0.4, -0.2) is 0 Å². The summed E-state index contributed by atoms with van der Waals surface area (Å²) in [5.74, 6) is 0.684. The molecule has 0 bridgehead atoms. The molecule has 2 aromatic heterocycles. The third-order valence-corrected chi connectivity index (χ3v) is 15.4. The van der Waals surface area contributed by atoms with Crippen molar-refractivity contribution in [3.8, 4) is 23.3 Å².